The van der Waals surface area contributed by atoms with Crippen LogP contribution in [-0.4, -0.2) is 40.5 Å². The molecular formula is C31H37N5O2. The molecule has 0 amide bonds. The molecule has 2 aliphatic rings. The zero-order chi connectivity index (χ0) is 25.9. The zero-order valence-electron chi connectivity index (χ0n) is 22.5. The number of ether oxygens (including phenoxy) is 2. The smallest absolute Gasteiger partial charge is 0.124 e. The second kappa shape index (κ2) is 11.0. The molecule has 0 atom stereocenters. The lowest BCUT2D eigenvalue weighted by molar-refractivity contribution is 0.319. The van der Waals surface area contributed by atoms with E-state index in [1.807, 2.05) is 18.5 Å². The molecular weight excluding hydrogens is 474 g/mol. The van der Waals surface area contributed by atoms with Gasteiger partial charge in [-0.05, 0) is 49.3 Å². The van der Waals surface area contributed by atoms with E-state index in [9.17, 15) is 0 Å². The van der Waals surface area contributed by atoms with E-state index in [4.69, 9.17) is 19.4 Å². The van der Waals surface area contributed by atoms with Crippen LogP contribution in [0, 0.1) is 11.8 Å². The normalized spacial score (nSPS) is 16.1. The van der Waals surface area contributed by atoms with Crippen LogP contribution < -0.4 is 14.4 Å². The van der Waals surface area contributed by atoms with Gasteiger partial charge in [0.25, 0.3) is 0 Å². The average molecular weight is 512 g/mol. The van der Waals surface area contributed by atoms with Crippen LogP contribution in [0.4, 0.5) is 11.4 Å². The third-order valence-corrected chi connectivity index (χ3v) is 8.04. The van der Waals surface area contributed by atoms with Crippen molar-refractivity contribution in [3.63, 3.8) is 0 Å². The van der Waals surface area contributed by atoms with Gasteiger partial charge >= 0.3 is 0 Å². The van der Waals surface area contributed by atoms with E-state index in [-0.39, 0.29) is 0 Å². The molecule has 4 aromatic rings. The average Bonchev–Trinajstić information content (AvgIpc) is 3.68. The first-order chi connectivity index (χ1) is 18.7. The molecule has 0 radical (unpaired) electrons. The highest BCUT2D eigenvalue weighted by Gasteiger charge is 2.26. The van der Waals surface area contributed by atoms with Crippen molar-refractivity contribution in [1.29, 1.82) is 0 Å². The van der Waals surface area contributed by atoms with Gasteiger partial charge in [0.05, 0.1) is 43.3 Å². The van der Waals surface area contributed by atoms with Gasteiger partial charge < -0.3 is 14.4 Å². The Morgan fingerprint density at radius 3 is 2.37 bits per heavy atom. The molecule has 0 aliphatic heterocycles. The van der Waals surface area contributed by atoms with Crippen molar-refractivity contribution in [2.24, 2.45) is 11.8 Å². The Hall–Kier alpha value is -3.61. The largest absolute Gasteiger partial charge is 0.497 e. The van der Waals surface area contributed by atoms with Crippen LogP contribution in [0.15, 0.2) is 55.0 Å². The summed E-state index contributed by atoms with van der Waals surface area (Å²) in [6.07, 6.45) is 16.5. The fraction of sp³-hybridized carbons (Fsp3) is 0.452. The summed E-state index contributed by atoms with van der Waals surface area (Å²) >= 11 is 0. The van der Waals surface area contributed by atoms with Gasteiger partial charge in [-0.2, -0.15) is 5.10 Å². The number of hydrogen-bond donors (Lipinski definition) is 0. The Morgan fingerprint density at radius 1 is 0.842 bits per heavy atom. The molecule has 2 aromatic carbocycles. The van der Waals surface area contributed by atoms with Crippen LogP contribution in [0.25, 0.3) is 22.3 Å². The van der Waals surface area contributed by atoms with Crippen molar-refractivity contribution < 1.29 is 9.47 Å². The van der Waals surface area contributed by atoms with Crippen LogP contribution >= 0.6 is 0 Å². The Morgan fingerprint density at radius 2 is 1.63 bits per heavy atom. The predicted molar refractivity (Wildman–Crippen MR) is 151 cm³/mol. The van der Waals surface area contributed by atoms with E-state index in [0.29, 0.717) is 5.92 Å². The van der Waals surface area contributed by atoms with E-state index in [0.717, 1.165) is 64.2 Å². The van der Waals surface area contributed by atoms with Crippen molar-refractivity contribution in [3.8, 4) is 22.8 Å². The van der Waals surface area contributed by atoms with E-state index in [2.05, 4.69) is 51.2 Å². The molecule has 0 saturated heterocycles. The number of aromatic nitrogens is 4. The summed E-state index contributed by atoms with van der Waals surface area (Å²) in [4.78, 5) is 12.1. The van der Waals surface area contributed by atoms with Gasteiger partial charge in [0, 0.05) is 54.4 Å². The minimum atomic E-state index is 0.694. The van der Waals surface area contributed by atoms with Crippen molar-refractivity contribution in [2.45, 2.75) is 57.9 Å². The molecule has 0 spiro atoms. The lowest BCUT2D eigenvalue weighted by atomic mass is 9.87. The molecule has 6 rings (SSSR count). The lowest BCUT2D eigenvalue weighted by Crippen LogP contribution is -2.20. The molecule has 198 valence electrons. The third kappa shape index (κ3) is 5.62. The fourth-order valence-electron chi connectivity index (χ4n) is 5.58. The SMILES string of the molecule is COc1cc(OC)cc(N(CC2CC2)c2ccc3ncc(-c4cnn(CCC5CCCCC5)c4)nc3c2)c1. The van der Waals surface area contributed by atoms with Crippen molar-refractivity contribution in [1.82, 2.24) is 19.7 Å². The molecule has 38 heavy (non-hydrogen) atoms. The van der Waals surface area contributed by atoms with E-state index in [1.54, 1.807) is 14.2 Å². The molecule has 0 bridgehead atoms. The van der Waals surface area contributed by atoms with E-state index < -0.39 is 0 Å². The number of nitrogens with zero attached hydrogens (tertiary/aromatic N) is 5. The summed E-state index contributed by atoms with van der Waals surface area (Å²) in [5.74, 6) is 3.10. The molecule has 0 N–H and O–H groups in total. The monoisotopic (exact) mass is 511 g/mol. The van der Waals surface area contributed by atoms with Crippen LogP contribution in [0.1, 0.15) is 51.4 Å². The highest BCUT2D eigenvalue weighted by atomic mass is 16.5. The second-order valence-electron chi connectivity index (χ2n) is 10.8. The second-order valence-corrected chi connectivity index (χ2v) is 10.8. The minimum absolute atomic E-state index is 0.694. The fourth-order valence-corrected chi connectivity index (χ4v) is 5.58. The maximum atomic E-state index is 5.56. The summed E-state index contributed by atoms with van der Waals surface area (Å²) in [6, 6.07) is 12.4. The van der Waals surface area contributed by atoms with Crippen molar-refractivity contribution >= 4 is 22.4 Å². The maximum Gasteiger partial charge on any atom is 0.124 e. The van der Waals surface area contributed by atoms with Gasteiger partial charge in [-0.3, -0.25) is 9.67 Å². The number of fused-ring (bicyclic) bond motifs is 1. The number of benzene rings is 2. The predicted octanol–water partition coefficient (Wildman–Crippen LogP) is 7.03. The number of methoxy groups -OCH3 is 2. The summed E-state index contributed by atoms with van der Waals surface area (Å²) < 4.78 is 13.2. The summed E-state index contributed by atoms with van der Waals surface area (Å²) in [5.41, 5.74) is 5.78. The quantitative estimate of drug-likeness (QED) is 0.228. The molecule has 2 aromatic heterocycles. The Bertz CT molecular complexity index is 1370. The molecule has 2 aliphatic carbocycles. The van der Waals surface area contributed by atoms with Crippen LogP contribution in [0.3, 0.4) is 0 Å². The summed E-state index contributed by atoms with van der Waals surface area (Å²) in [7, 11) is 3.38. The molecule has 2 fully saturated rings. The van der Waals surface area contributed by atoms with Gasteiger partial charge in [-0.1, -0.05) is 32.1 Å². The van der Waals surface area contributed by atoms with Crippen LogP contribution in [0.5, 0.6) is 11.5 Å². The van der Waals surface area contributed by atoms with Gasteiger partial charge in [0.1, 0.15) is 11.5 Å². The summed E-state index contributed by atoms with van der Waals surface area (Å²) in [5, 5.41) is 4.63. The Kier molecular flexibility index (Phi) is 7.16. The standard InChI is InChI=1S/C31H37N5O2/c1-37-27-14-26(15-28(17-27)38-2)36(20-23-8-9-23)25-10-11-29-30(16-25)34-31(19-32-29)24-18-33-35(21-24)13-12-22-6-4-3-5-7-22/h10-11,14-19,21-23H,3-9,12-13,20H2,1-2H3. The van der Waals surface area contributed by atoms with Gasteiger partial charge in [-0.25, -0.2) is 4.98 Å². The van der Waals surface area contributed by atoms with Gasteiger partial charge in [0.2, 0.25) is 0 Å². The third-order valence-electron chi connectivity index (χ3n) is 8.04. The maximum absolute atomic E-state index is 5.56. The number of rotatable bonds is 10. The lowest BCUT2D eigenvalue weighted by Gasteiger charge is -2.26. The van der Waals surface area contributed by atoms with Gasteiger partial charge in [0.15, 0.2) is 0 Å². The molecule has 2 heterocycles. The summed E-state index contributed by atoms with van der Waals surface area (Å²) in [6.45, 7) is 1.92. The van der Waals surface area contributed by atoms with Crippen molar-refractivity contribution in [2.75, 3.05) is 25.7 Å². The molecule has 7 nitrogen and oxygen atoms in total. The Balaban J connectivity index is 1.27. The number of hydrogen-bond acceptors (Lipinski definition) is 6. The first-order valence-corrected chi connectivity index (χ1v) is 14.0. The van der Waals surface area contributed by atoms with E-state index >= 15 is 0 Å². The molecule has 2 saturated carbocycles. The topological polar surface area (TPSA) is 65.3 Å². The van der Waals surface area contributed by atoms with Gasteiger partial charge in [-0.15, -0.1) is 0 Å². The zero-order valence-corrected chi connectivity index (χ0v) is 22.5. The molecule has 7 heteroatoms. The van der Waals surface area contributed by atoms with Crippen molar-refractivity contribution in [3.05, 3.63) is 55.0 Å². The highest BCUT2D eigenvalue weighted by molar-refractivity contribution is 5.82. The number of aryl methyl sites for hydroxylation is 1. The van der Waals surface area contributed by atoms with Crippen LogP contribution in [-0.2, 0) is 6.54 Å². The van der Waals surface area contributed by atoms with E-state index in [1.165, 1.54) is 51.4 Å². The first-order valence-electron chi connectivity index (χ1n) is 14.0. The number of anilines is 2. The van der Waals surface area contributed by atoms with Crippen LogP contribution in [0.2, 0.25) is 0 Å². The minimum Gasteiger partial charge on any atom is -0.497 e. The highest BCUT2D eigenvalue weighted by Crippen LogP contribution is 2.38. The Labute approximate surface area is 224 Å². The molecule has 0 unspecified atom stereocenters. The first kappa shape index (κ1) is 24.7.